The number of hydrogen-bond donors (Lipinski definition) is 1. The molecule has 0 radical (unpaired) electrons. The maximum atomic E-state index is 11.3. The van der Waals surface area contributed by atoms with E-state index in [-0.39, 0.29) is 5.69 Å². The molecule has 0 aliphatic heterocycles. The van der Waals surface area contributed by atoms with Gasteiger partial charge in [0, 0.05) is 21.8 Å². The molecule has 0 aliphatic carbocycles. The Kier molecular flexibility index (Phi) is 1.54. The fraction of sp³-hybridized carbons (Fsp3) is 0.143. The second-order valence-electron chi connectivity index (χ2n) is 1.81. The molecule has 0 bridgehead atoms. The first-order valence-corrected chi connectivity index (χ1v) is 3.62. The second kappa shape index (κ2) is 3.48. The van der Waals surface area contributed by atoms with Crippen LogP contribution in [0.3, 0.4) is 0 Å². The van der Waals surface area contributed by atoms with Crippen molar-refractivity contribution in [3.63, 3.8) is 0 Å². The molecule has 1 heterocycles. The first kappa shape index (κ1) is 4.87. The van der Waals surface area contributed by atoms with Crippen LogP contribution >= 0.6 is 15.9 Å². The molecule has 0 atom stereocenters. The number of nitrogens with zero attached hydrogens (tertiary/aromatic N) is 1. The lowest BCUT2D eigenvalue weighted by Crippen LogP contribution is -2.18. The Morgan fingerprint density at radius 1 is 1.91 bits per heavy atom. The predicted molar refractivity (Wildman–Crippen MR) is 45.3 cm³/mol. The molecule has 58 valence electrons. The van der Waals surface area contributed by atoms with Crippen LogP contribution in [0.2, 0.25) is 0 Å². The van der Waals surface area contributed by atoms with E-state index in [9.17, 15) is 4.79 Å². The number of carbonyl (C=O) groups is 1. The Hall–Kier alpha value is -0.900. The van der Waals surface area contributed by atoms with Gasteiger partial charge in [0.05, 0.1) is 0 Å². The van der Waals surface area contributed by atoms with Crippen molar-refractivity contribution < 1.29 is 8.91 Å². The molecule has 3 nitrogen and oxygen atoms in total. The molecule has 1 aromatic rings. The summed E-state index contributed by atoms with van der Waals surface area (Å²) in [6.45, 7) is -2.49. The molecule has 0 spiro atoms. The zero-order valence-corrected chi connectivity index (χ0v) is 7.05. The molecule has 1 aromatic heterocycles. The second-order valence-corrected chi connectivity index (χ2v) is 2.73. The summed E-state index contributed by atoms with van der Waals surface area (Å²) in [5.74, 6) is -0.716. The van der Waals surface area contributed by atoms with Crippen molar-refractivity contribution in [2.75, 3.05) is 6.98 Å². The Morgan fingerprint density at radius 3 is 3.36 bits per heavy atom. The third-order valence-electron chi connectivity index (χ3n) is 1.07. The molecule has 0 fully saturated rings. The van der Waals surface area contributed by atoms with Crippen LogP contribution in [0, 0.1) is 0 Å². The van der Waals surface area contributed by atoms with E-state index < -0.39 is 12.9 Å². The van der Waals surface area contributed by atoms with E-state index in [0.717, 1.165) is 0 Å². The topological polar surface area (TPSA) is 42.0 Å². The minimum Gasteiger partial charge on any atom is -0.354 e. The predicted octanol–water partition coefficient (Wildman–Crippen LogP) is 1.20. The zero-order valence-electron chi connectivity index (χ0n) is 8.47. The van der Waals surface area contributed by atoms with E-state index >= 15 is 0 Å². The van der Waals surface area contributed by atoms with Crippen LogP contribution in [0.5, 0.6) is 0 Å². The van der Waals surface area contributed by atoms with Gasteiger partial charge in [0.25, 0.3) is 5.91 Å². The van der Waals surface area contributed by atoms with Gasteiger partial charge in [-0.2, -0.15) is 0 Å². The molecule has 0 unspecified atom stereocenters. The highest BCUT2D eigenvalue weighted by Gasteiger charge is 2.02. The number of rotatable bonds is 1. The largest absolute Gasteiger partial charge is 0.354 e. The Bertz CT molecular complexity index is 353. The van der Waals surface area contributed by atoms with Crippen LogP contribution in [0.1, 0.15) is 14.6 Å². The highest BCUT2D eigenvalue weighted by Crippen LogP contribution is 2.08. The fourth-order valence-corrected chi connectivity index (χ4v) is 0.928. The molecule has 0 saturated heterocycles. The molecule has 1 amide bonds. The lowest BCUT2D eigenvalue weighted by atomic mass is 10.3. The summed E-state index contributed by atoms with van der Waals surface area (Å²) in [5, 5.41) is 1.84. The number of carbonyl (C=O) groups excluding carboxylic acids is 1. The minimum absolute atomic E-state index is 0.0653. The van der Waals surface area contributed by atoms with Crippen molar-refractivity contribution >= 4 is 21.8 Å². The monoisotopic (exact) mass is 217 g/mol. The van der Waals surface area contributed by atoms with Gasteiger partial charge in [-0.15, -0.1) is 0 Å². The van der Waals surface area contributed by atoms with Crippen molar-refractivity contribution in [1.82, 2.24) is 10.3 Å². The molecule has 1 rings (SSSR count). The van der Waals surface area contributed by atoms with Gasteiger partial charge in [-0.1, -0.05) is 15.9 Å². The van der Waals surface area contributed by atoms with Gasteiger partial charge in [0.2, 0.25) is 0 Å². The number of pyridine rings is 1. The Labute approximate surface area is 77.2 Å². The summed E-state index contributed by atoms with van der Waals surface area (Å²) in [5.41, 5.74) is 0.0653. The smallest absolute Gasteiger partial charge is 0.269 e. The maximum Gasteiger partial charge on any atom is 0.269 e. The summed E-state index contributed by atoms with van der Waals surface area (Å²) < 4.78 is 21.2. The van der Waals surface area contributed by atoms with Crippen LogP contribution in [0.15, 0.2) is 22.8 Å². The quantitative estimate of drug-likeness (QED) is 0.769. The molecule has 11 heavy (non-hydrogen) atoms. The van der Waals surface area contributed by atoms with Crippen LogP contribution < -0.4 is 5.32 Å². The standard InChI is InChI=1S/C7H7BrN2O/c1-9-7(11)6-4-5(8)2-3-10-6/h2-4H,1H3,(H,9,11)/i1D3. The van der Waals surface area contributed by atoms with Gasteiger partial charge in [0.1, 0.15) is 5.69 Å². The van der Waals surface area contributed by atoms with E-state index in [1.54, 1.807) is 6.07 Å². The van der Waals surface area contributed by atoms with Crippen molar-refractivity contribution in [3.8, 4) is 0 Å². The maximum absolute atomic E-state index is 11.3. The summed E-state index contributed by atoms with van der Waals surface area (Å²) in [6, 6.07) is 3.09. The van der Waals surface area contributed by atoms with Crippen LogP contribution in [-0.4, -0.2) is 17.9 Å². The SMILES string of the molecule is [2H]C([2H])([2H])NC(=O)c1cc(Br)ccn1. The lowest BCUT2D eigenvalue weighted by molar-refractivity contribution is 0.0958. The summed E-state index contributed by atoms with van der Waals surface area (Å²) in [7, 11) is 0. The molecular weight excluding hydrogens is 208 g/mol. The van der Waals surface area contributed by atoms with Gasteiger partial charge in [-0.3, -0.25) is 9.78 Å². The number of nitrogens with one attached hydrogen (secondary N) is 1. The lowest BCUT2D eigenvalue weighted by Gasteiger charge is -1.97. The highest BCUT2D eigenvalue weighted by atomic mass is 79.9. The van der Waals surface area contributed by atoms with E-state index in [4.69, 9.17) is 4.11 Å². The Morgan fingerprint density at radius 2 is 2.73 bits per heavy atom. The average Bonchev–Trinajstić information content (AvgIpc) is 2.01. The minimum atomic E-state index is -2.49. The van der Waals surface area contributed by atoms with Gasteiger partial charge in [-0.25, -0.2) is 0 Å². The van der Waals surface area contributed by atoms with Crippen molar-refractivity contribution in [2.24, 2.45) is 0 Å². The summed E-state index contributed by atoms with van der Waals surface area (Å²) >= 11 is 3.15. The van der Waals surface area contributed by atoms with Crippen LogP contribution in [0.25, 0.3) is 0 Å². The van der Waals surface area contributed by atoms with Crippen molar-refractivity contribution in [2.45, 2.75) is 0 Å². The van der Waals surface area contributed by atoms with Gasteiger partial charge < -0.3 is 5.32 Å². The first-order valence-electron chi connectivity index (χ1n) is 4.32. The number of amides is 1. The van der Waals surface area contributed by atoms with E-state index in [0.29, 0.717) is 4.47 Å². The molecule has 1 N–H and O–H groups in total. The Balaban J connectivity index is 2.80. The highest BCUT2D eigenvalue weighted by molar-refractivity contribution is 9.10. The first-order chi connectivity index (χ1) is 6.38. The van der Waals surface area contributed by atoms with Crippen LogP contribution in [0.4, 0.5) is 0 Å². The molecular formula is C7H7BrN2O. The van der Waals surface area contributed by atoms with E-state index in [2.05, 4.69) is 20.9 Å². The van der Waals surface area contributed by atoms with E-state index in [1.807, 2.05) is 5.32 Å². The van der Waals surface area contributed by atoms with Crippen LogP contribution in [-0.2, 0) is 0 Å². The molecule has 0 saturated carbocycles. The molecule has 0 aliphatic rings. The normalized spacial score (nSPS) is 14.5. The third kappa shape index (κ3) is 2.01. The fourth-order valence-electron chi connectivity index (χ4n) is 0.593. The molecule has 4 heteroatoms. The van der Waals surface area contributed by atoms with Gasteiger partial charge in [0.15, 0.2) is 0 Å². The van der Waals surface area contributed by atoms with Gasteiger partial charge >= 0.3 is 0 Å². The van der Waals surface area contributed by atoms with E-state index in [1.165, 1.54) is 12.3 Å². The summed E-state index contributed by atoms with van der Waals surface area (Å²) in [4.78, 5) is 15.0. The van der Waals surface area contributed by atoms with Crippen molar-refractivity contribution in [3.05, 3.63) is 28.5 Å². The van der Waals surface area contributed by atoms with Crippen molar-refractivity contribution in [1.29, 1.82) is 0 Å². The number of hydrogen-bond acceptors (Lipinski definition) is 2. The summed E-state index contributed by atoms with van der Waals surface area (Å²) in [6.07, 6.45) is 1.42. The molecule has 0 aromatic carbocycles. The third-order valence-corrected chi connectivity index (χ3v) is 1.56. The number of aromatic nitrogens is 1. The zero-order chi connectivity index (χ0) is 10.8. The number of halogens is 1. The van der Waals surface area contributed by atoms with Gasteiger partial charge in [-0.05, 0) is 12.1 Å². The average molecular weight is 218 g/mol.